The van der Waals surface area contributed by atoms with Gasteiger partial charge in [-0.3, -0.25) is 4.79 Å². The Morgan fingerprint density at radius 3 is 2.60 bits per heavy atom. The number of amides is 1. The molecular weight excluding hydrogens is 312 g/mol. The van der Waals surface area contributed by atoms with Gasteiger partial charge in [0.25, 0.3) is 5.91 Å². The monoisotopic (exact) mass is 339 g/mol. The minimum Gasteiger partial charge on any atom is -0.497 e. The molecule has 0 spiro atoms. The molecule has 1 heterocycles. The first kappa shape index (κ1) is 17.5. The smallest absolute Gasteiger partial charge is 0.278 e. The first-order chi connectivity index (χ1) is 12.2. The summed E-state index contributed by atoms with van der Waals surface area (Å²) in [6.45, 7) is 4.65. The van der Waals surface area contributed by atoms with Crippen LogP contribution in [-0.2, 0) is 24.2 Å². The average molecular weight is 339 g/mol. The third-order valence-corrected chi connectivity index (χ3v) is 5.13. The highest BCUT2D eigenvalue weighted by Crippen LogP contribution is 2.12. The molecule has 0 aliphatic carbocycles. The van der Waals surface area contributed by atoms with Crippen molar-refractivity contribution in [2.45, 2.75) is 32.4 Å². The summed E-state index contributed by atoms with van der Waals surface area (Å²) in [5, 5.41) is 3.09. The predicted octanol–water partition coefficient (Wildman–Crippen LogP) is 1.38. The van der Waals surface area contributed by atoms with E-state index in [1.165, 1.54) is 21.6 Å². The average Bonchev–Trinajstić information content (AvgIpc) is 2.67. The first-order valence-corrected chi connectivity index (χ1v) is 8.99. The predicted molar refractivity (Wildman–Crippen MR) is 98.8 cm³/mol. The second-order valence-corrected chi connectivity index (χ2v) is 6.71. The number of hydrogen-bond acceptors (Lipinski definition) is 2. The van der Waals surface area contributed by atoms with Gasteiger partial charge in [0, 0.05) is 18.5 Å². The van der Waals surface area contributed by atoms with Gasteiger partial charge in [-0.1, -0.05) is 36.4 Å². The molecule has 2 aromatic carbocycles. The fourth-order valence-electron chi connectivity index (χ4n) is 3.43. The number of carbonyl (C=O) groups is 1. The molecular formula is C21H27N2O2+. The van der Waals surface area contributed by atoms with Crippen molar-refractivity contribution in [2.24, 2.45) is 0 Å². The summed E-state index contributed by atoms with van der Waals surface area (Å²) in [6.07, 6.45) is 1.88. The fourth-order valence-corrected chi connectivity index (χ4v) is 3.43. The Morgan fingerprint density at radius 2 is 1.88 bits per heavy atom. The van der Waals surface area contributed by atoms with Gasteiger partial charge < -0.3 is 15.0 Å². The molecule has 0 fully saturated rings. The Kier molecular flexibility index (Phi) is 5.71. The molecule has 1 unspecified atom stereocenters. The molecule has 4 heteroatoms. The number of carbonyl (C=O) groups excluding carboxylic acids is 1. The largest absolute Gasteiger partial charge is 0.497 e. The Balaban J connectivity index is 1.48. The summed E-state index contributed by atoms with van der Waals surface area (Å²) in [4.78, 5) is 13.8. The molecule has 1 aliphatic rings. The Hall–Kier alpha value is -2.33. The van der Waals surface area contributed by atoms with Gasteiger partial charge in [0.05, 0.1) is 13.7 Å². The number of hydrogen-bond donors (Lipinski definition) is 2. The first-order valence-electron chi connectivity index (χ1n) is 8.99. The Labute approximate surface area is 149 Å². The van der Waals surface area contributed by atoms with Crippen LogP contribution in [0.4, 0.5) is 0 Å². The van der Waals surface area contributed by atoms with E-state index in [-0.39, 0.29) is 11.9 Å². The SMILES string of the molecule is COc1ccc(CCNC(=O)[C@@H](C)[NH+]2CCc3ccccc3C2)cc1. The van der Waals surface area contributed by atoms with Crippen LogP contribution in [0.25, 0.3) is 0 Å². The molecule has 2 N–H and O–H groups in total. The highest BCUT2D eigenvalue weighted by atomic mass is 16.5. The number of methoxy groups -OCH3 is 1. The van der Waals surface area contributed by atoms with Gasteiger partial charge in [-0.15, -0.1) is 0 Å². The van der Waals surface area contributed by atoms with Crippen LogP contribution in [0.1, 0.15) is 23.6 Å². The molecule has 3 rings (SSSR count). The van der Waals surface area contributed by atoms with Crippen LogP contribution in [0, 0.1) is 0 Å². The van der Waals surface area contributed by atoms with Gasteiger partial charge in [-0.05, 0) is 36.6 Å². The van der Waals surface area contributed by atoms with E-state index in [1.807, 2.05) is 31.2 Å². The maximum atomic E-state index is 12.5. The van der Waals surface area contributed by atoms with Gasteiger partial charge in [-0.2, -0.15) is 0 Å². The second kappa shape index (κ2) is 8.17. The molecule has 2 atom stereocenters. The van der Waals surface area contributed by atoms with E-state index in [4.69, 9.17) is 4.74 Å². The lowest BCUT2D eigenvalue weighted by molar-refractivity contribution is -0.929. The van der Waals surface area contributed by atoms with Gasteiger partial charge in [0.2, 0.25) is 0 Å². The quantitative estimate of drug-likeness (QED) is 0.835. The molecule has 0 aromatic heterocycles. The number of rotatable bonds is 6. The van der Waals surface area contributed by atoms with Crippen molar-refractivity contribution in [2.75, 3.05) is 20.2 Å². The third-order valence-electron chi connectivity index (χ3n) is 5.13. The van der Waals surface area contributed by atoms with E-state index in [9.17, 15) is 4.79 Å². The second-order valence-electron chi connectivity index (χ2n) is 6.71. The maximum absolute atomic E-state index is 12.5. The zero-order valence-electron chi connectivity index (χ0n) is 15.0. The summed E-state index contributed by atoms with van der Waals surface area (Å²) < 4.78 is 5.16. The van der Waals surface area contributed by atoms with Crippen molar-refractivity contribution in [1.29, 1.82) is 0 Å². The number of benzene rings is 2. The Bertz CT molecular complexity index is 712. The van der Waals surface area contributed by atoms with Crippen LogP contribution in [0.3, 0.4) is 0 Å². The van der Waals surface area contributed by atoms with E-state index in [0.717, 1.165) is 31.7 Å². The third kappa shape index (κ3) is 4.40. The number of quaternary nitrogens is 1. The molecule has 0 radical (unpaired) electrons. The molecule has 0 saturated heterocycles. The molecule has 4 nitrogen and oxygen atoms in total. The van der Waals surface area contributed by atoms with Gasteiger partial charge in [0.15, 0.2) is 6.04 Å². The highest BCUT2D eigenvalue weighted by molar-refractivity contribution is 5.79. The summed E-state index contributed by atoms with van der Waals surface area (Å²) >= 11 is 0. The zero-order chi connectivity index (χ0) is 17.6. The molecule has 0 saturated carbocycles. The lowest BCUT2D eigenvalue weighted by atomic mass is 9.99. The lowest BCUT2D eigenvalue weighted by Crippen LogP contribution is -3.16. The van der Waals surface area contributed by atoms with E-state index in [1.54, 1.807) is 7.11 Å². The topological polar surface area (TPSA) is 42.8 Å². The van der Waals surface area contributed by atoms with Crippen molar-refractivity contribution in [1.82, 2.24) is 5.32 Å². The van der Waals surface area contributed by atoms with Crippen LogP contribution in [-0.4, -0.2) is 32.1 Å². The molecule has 1 amide bonds. The van der Waals surface area contributed by atoms with Crippen LogP contribution < -0.4 is 15.0 Å². The number of nitrogens with one attached hydrogen (secondary N) is 2. The standard InChI is InChI=1S/C21H26N2O2/c1-16(23-14-12-18-5-3-4-6-19(18)15-23)21(24)22-13-11-17-7-9-20(25-2)10-8-17/h3-10,16H,11-15H2,1-2H3,(H,22,24)/p+1/t16-/m1/s1. The Morgan fingerprint density at radius 1 is 1.16 bits per heavy atom. The minimum absolute atomic E-state index is 0.0239. The molecule has 1 aliphatic heterocycles. The molecule has 25 heavy (non-hydrogen) atoms. The van der Waals surface area contributed by atoms with Crippen molar-refractivity contribution in [3.05, 3.63) is 65.2 Å². The molecule has 132 valence electrons. The molecule has 2 aromatic rings. The molecule has 0 bridgehead atoms. The zero-order valence-corrected chi connectivity index (χ0v) is 15.0. The van der Waals surface area contributed by atoms with Crippen LogP contribution in [0.2, 0.25) is 0 Å². The van der Waals surface area contributed by atoms with E-state index in [0.29, 0.717) is 6.54 Å². The summed E-state index contributed by atoms with van der Waals surface area (Å²) in [6, 6.07) is 16.5. The van der Waals surface area contributed by atoms with Crippen molar-refractivity contribution in [3.8, 4) is 5.75 Å². The van der Waals surface area contributed by atoms with Gasteiger partial charge in [0.1, 0.15) is 12.3 Å². The maximum Gasteiger partial charge on any atom is 0.278 e. The highest BCUT2D eigenvalue weighted by Gasteiger charge is 2.28. The lowest BCUT2D eigenvalue weighted by Gasteiger charge is -2.30. The van der Waals surface area contributed by atoms with Crippen molar-refractivity contribution >= 4 is 5.91 Å². The normalized spacial score (nSPS) is 17.4. The van der Waals surface area contributed by atoms with Crippen molar-refractivity contribution in [3.63, 3.8) is 0 Å². The van der Waals surface area contributed by atoms with E-state index in [2.05, 4.69) is 29.6 Å². The van der Waals surface area contributed by atoms with Gasteiger partial charge >= 0.3 is 0 Å². The summed E-state index contributed by atoms with van der Waals surface area (Å²) in [5.74, 6) is 0.998. The van der Waals surface area contributed by atoms with Gasteiger partial charge in [-0.25, -0.2) is 0 Å². The van der Waals surface area contributed by atoms with Crippen LogP contribution >= 0.6 is 0 Å². The van der Waals surface area contributed by atoms with Crippen LogP contribution in [0.5, 0.6) is 5.75 Å². The van der Waals surface area contributed by atoms with E-state index < -0.39 is 0 Å². The minimum atomic E-state index is -0.0239. The number of ether oxygens (including phenoxy) is 1. The van der Waals surface area contributed by atoms with Crippen LogP contribution in [0.15, 0.2) is 48.5 Å². The summed E-state index contributed by atoms with van der Waals surface area (Å²) in [5.41, 5.74) is 4.01. The fraction of sp³-hybridized carbons (Fsp3) is 0.381. The number of fused-ring (bicyclic) bond motifs is 1. The van der Waals surface area contributed by atoms with Crippen molar-refractivity contribution < 1.29 is 14.4 Å². The summed E-state index contributed by atoms with van der Waals surface area (Å²) in [7, 11) is 1.66. The van der Waals surface area contributed by atoms with E-state index >= 15 is 0 Å².